The van der Waals surface area contributed by atoms with Gasteiger partial charge in [-0.25, -0.2) is 4.68 Å². The molecule has 26 heavy (non-hydrogen) atoms. The number of para-hydroxylation sites is 1. The summed E-state index contributed by atoms with van der Waals surface area (Å²) in [6.45, 7) is 4.08. The van der Waals surface area contributed by atoms with Crippen LogP contribution in [0.1, 0.15) is 11.1 Å². The molecule has 4 rings (SSSR count). The molecule has 0 aliphatic heterocycles. The Hall–Kier alpha value is -3.33. The van der Waals surface area contributed by atoms with Gasteiger partial charge in [0.1, 0.15) is 0 Å². The molecular weight excluding hydrogens is 320 g/mol. The van der Waals surface area contributed by atoms with Crippen molar-refractivity contribution >= 4 is 0 Å². The molecule has 4 aromatic rings. The smallest absolute Gasteiger partial charge is 0.279 e. The van der Waals surface area contributed by atoms with E-state index >= 15 is 0 Å². The van der Waals surface area contributed by atoms with E-state index in [2.05, 4.69) is 24.2 Å². The number of rotatable bonds is 3. The number of H-pyrrole nitrogens is 1. The summed E-state index contributed by atoms with van der Waals surface area (Å²) in [5.41, 5.74) is 6.51. The summed E-state index contributed by atoms with van der Waals surface area (Å²) in [6, 6.07) is 25.9. The molecule has 0 fully saturated rings. The third-order valence-corrected chi connectivity index (χ3v) is 4.72. The van der Waals surface area contributed by atoms with Crippen molar-refractivity contribution in [2.45, 2.75) is 13.8 Å². The molecule has 0 unspecified atom stereocenters. The molecule has 0 atom stereocenters. The fraction of sp³-hybridized carbons (Fsp3) is 0.0870. The Kier molecular flexibility index (Phi) is 4.05. The van der Waals surface area contributed by atoms with Gasteiger partial charge < -0.3 is 0 Å². The van der Waals surface area contributed by atoms with Crippen molar-refractivity contribution in [3.63, 3.8) is 0 Å². The number of aromatic amines is 1. The Morgan fingerprint density at radius 1 is 0.731 bits per heavy atom. The molecular formula is C23H20N2O. The molecule has 0 amide bonds. The minimum Gasteiger partial charge on any atom is -0.290 e. The van der Waals surface area contributed by atoms with E-state index in [9.17, 15) is 4.79 Å². The van der Waals surface area contributed by atoms with Gasteiger partial charge in [-0.1, -0.05) is 72.8 Å². The molecule has 1 heterocycles. The van der Waals surface area contributed by atoms with Crippen molar-refractivity contribution in [3.8, 4) is 28.1 Å². The Balaban J connectivity index is 2.05. The van der Waals surface area contributed by atoms with Crippen molar-refractivity contribution < 1.29 is 0 Å². The standard InChI is InChI=1S/C23H20N2O/c1-16-10-6-8-14-19(16)22-21(18-12-4-3-5-13-18)23(26)25(24-22)20-15-9-7-11-17(20)2/h3-15,24H,1-2H3. The largest absolute Gasteiger partial charge is 0.290 e. The summed E-state index contributed by atoms with van der Waals surface area (Å²) < 4.78 is 1.65. The molecule has 3 heteroatoms. The number of hydrogen-bond acceptors (Lipinski definition) is 1. The van der Waals surface area contributed by atoms with Gasteiger partial charge in [0.2, 0.25) is 0 Å². The summed E-state index contributed by atoms with van der Waals surface area (Å²) in [5.74, 6) is 0. The summed E-state index contributed by atoms with van der Waals surface area (Å²) in [4.78, 5) is 13.4. The van der Waals surface area contributed by atoms with Crippen LogP contribution in [0.4, 0.5) is 0 Å². The van der Waals surface area contributed by atoms with Gasteiger partial charge in [0, 0.05) is 5.56 Å². The second-order valence-corrected chi connectivity index (χ2v) is 6.47. The lowest BCUT2D eigenvalue weighted by Crippen LogP contribution is -2.16. The Bertz CT molecular complexity index is 1120. The maximum absolute atomic E-state index is 13.4. The summed E-state index contributed by atoms with van der Waals surface area (Å²) >= 11 is 0. The average molecular weight is 340 g/mol. The molecule has 3 nitrogen and oxygen atoms in total. The quantitative estimate of drug-likeness (QED) is 0.552. The maximum Gasteiger partial charge on any atom is 0.279 e. The molecule has 1 aromatic heterocycles. The molecule has 0 aliphatic rings. The second-order valence-electron chi connectivity index (χ2n) is 6.47. The third kappa shape index (κ3) is 2.68. The molecule has 0 spiro atoms. The van der Waals surface area contributed by atoms with Gasteiger partial charge in [-0.3, -0.25) is 9.89 Å². The first kappa shape index (κ1) is 16.2. The first-order valence-electron chi connectivity index (χ1n) is 8.69. The summed E-state index contributed by atoms with van der Waals surface area (Å²) in [7, 11) is 0. The van der Waals surface area contributed by atoms with Crippen LogP contribution in [-0.4, -0.2) is 9.78 Å². The molecule has 0 bridgehead atoms. The summed E-state index contributed by atoms with van der Waals surface area (Å²) in [6.07, 6.45) is 0. The SMILES string of the molecule is Cc1ccccc1-c1[nH]n(-c2ccccc2C)c(=O)c1-c1ccccc1. The lowest BCUT2D eigenvalue weighted by Gasteiger charge is -2.07. The van der Waals surface area contributed by atoms with Gasteiger partial charge in [0.05, 0.1) is 16.9 Å². The molecule has 0 saturated carbocycles. The second kappa shape index (κ2) is 6.52. The van der Waals surface area contributed by atoms with Gasteiger partial charge >= 0.3 is 0 Å². The molecule has 3 aromatic carbocycles. The Morgan fingerprint density at radius 3 is 2.04 bits per heavy atom. The monoisotopic (exact) mass is 340 g/mol. The van der Waals surface area contributed by atoms with E-state index < -0.39 is 0 Å². The first-order valence-corrected chi connectivity index (χ1v) is 8.69. The van der Waals surface area contributed by atoms with Crippen molar-refractivity contribution in [2.75, 3.05) is 0 Å². The minimum atomic E-state index is -0.0382. The normalized spacial score (nSPS) is 10.8. The van der Waals surface area contributed by atoms with Crippen LogP contribution in [0.3, 0.4) is 0 Å². The van der Waals surface area contributed by atoms with Crippen LogP contribution >= 0.6 is 0 Å². The summed E-state index contributed by atoms with van der Waals surface area (Å²) in [5, 5.41) is 3.37. The van der Waals surface area contributed by atoms with Gasteiger partial charge in [0.15, 0.2) is 0 Å². The van der Waals surface area contributed by atoms with Crippen molar-refractivity contribution in [3.05, 3.63) is 100 Å². The van der Waals surface area contributed by atoms with E-state index in [0.29, 0.717) is 5.56 Å². The highest BCUT2D eigenvalue weighted by Gasteiger charge is 2.19. The zero-order chi connectivity index (χ0) is 18.1. The average Bonchev–Trinajstić information content (AvgIpc) is 3.00. The van der Waals surface area contributed by atoms with Crippen LogP contribution in [0.2, 0.25) is 0 Å². The van der Waals surface area contributed by atoms with Crippen LogP contribution in [0.15, 0.2) is 83.7 Å². The zero-order valence-electron chi connectivity index (χ0n) is 14.9. The van der Waals surface area contributed by atoms with E-state index in [-0.39, 0.29) is 5.56 Å². The topological polar surface area (TPSA) is 37.8 Å². The number of nitrogens with zero attached hydrogens (tertiary/aromatic N) is 1. The number of aromatic nitrogens is 2. The van der Waals surface area contributed by atoms with Crippen molar-refractivity contribution in [1.82, 2.24) is 9.78 Å². The van der Waals surface area contributed by atoms with Crippen LogP contribution in [0.25, 0.3) is 28.1 Å². The Morgan fingerprint density at radius 2 is 1.35 bits per heavy atom. The third-order valence-electron chi connectivity index (χ3n) is 4.72. The van der Waals surface area contributed by atoms with E-state index in [1.165, 1.54) is 0 Å². The lowest BCUT2D eigenvalue weighted by molar-refractivity contribution is 0.845. The highest BCUT2D eigenvalue weighted by molar-refractivity contribution is 5.82. The van der Waals surface area contributed by atoms with E-state index in [4.69, 9.17) is 0 Å². The fourth-order valence-corrected chi connectivity index (χ4v) is 3.34. The highest BCUT2D eigenvalue weighted by Crippen LogP contribution is 2.31. The van der Waals surface area contributed by atoms with Crippen LogP contribution in [0, 0.1) is 13.8 Å². The maximum atomic E-state index is 13.4. The zero-order valence-corrected chi connectivity index (χ0v) is 14.9. The molecule has 128 valence electrons. The number of hydrogen-bond donors (Lipinski definition) is 1. The lowest BCUT2D eigenvalue weighted by atomic mass is 9.99. The van der Waals surface area contributed by atoms with Gasteiger partial charge in [-0.05, 0) is 36.6 Å². The fourth-order valence-electron chi connectivity index (χ4n) is 3.34. The molecule has 0 radical (unpaired) electrons. The van der Waals surface area contributed by atoms with Gasteiger partial charge in [0.25, 0.3) is 5.56 Å². The van der Waals surface area contributed by atoms with Crippen LogP contribution in [0.5, 0.6) is 0 Å². The minimum absolute atomic E-state index is 0.0382. The van der Waals surface area contributed by atoms with E-state index in [1.807, 2.05) is 73.7 Å². The number of nitrogens with one attached hydrogen (secondary N) is 1. The van der Waals surface area contributed by atoms with Gasteiger partial charge in [-0.15, -0.1) is 0 Å². The Labute approximate surface area is 152 Å². The predicted molar refractivity (Wildman–Crippen MR) is 107 cm³/mol. The number of benzene rings is 3. The first-order chi connectivity index (χ1) is 12.7. The molecule has 0 aliphatic carbocycles. The number of aryl methyl sites for hydroxylation is 2. The van der Waals surface area contributed by atoms with Crippen molar-refractivity contribution in [1.29, 1.82) is 0 Å². The molecule has 1 N–H and O–H groups in total. The highest BCUT2D eigenvalue weighted by atomic mass is 16.1. The van der Waals surface area contributed by atoms with E-state index in [0.717, 1.165) is 33.6 Å². The van der Waals surface area contributed by atoms with Crippen LogP contribution in [-0.2, 0) is 0 Å². The van der Waals surface area contributed by atoms with Crippen LogP contribution < -0.4 is 5.56 Å². The van der Waals surface area contributed by atoms with Crippen molar-refractivity contribution in [2.24, 2.45) is 0 Å². The molecule has 0 saturated heterocycles. The van der Waals surface area contributed by atoms with Gasteiger partial charge in [-0.2, -0.15) is 0 Å². The van der Waals surface area contributed by atoms with E-state index in [1.54, 1.807) is 4.68 Å². The predicted octanol–water partition coefficient (Wildman–Crippen LogP) is 5.12.